The van der Waals surface area contributed by atoms with Crippen molar-refractivity contribution in [2.45, 2.75) is 0 Å². The van der Waals surface area contributed by atoms with Crippen LogP contribution in [0.1, 0.15) is 5.56 Å². The van der Waals surface area contributed by atoms with Crippen molar-refractivity contribution in [3.63, 3.8) is 0 Å². The second-order valence-electron chi connectivity index (χ2n) is 2.29. The molecule has 0 radical (unpaired) electrons. The van der Waals surface area contributed by atoms with Gasteiger partial charge in [-0.2, -0.15) is 0 Å². The molecule has 0 saturated heterocycles. The van der Waals surface area contributed by atoms with E-state index in [1.807, 2.05) is 6.07 Å². The van der Waals surface area contributed by atoms with Crippen LogP contribution in [0.15, 0.2) is 35.3 Å². The lowest BCUT2D eigenvalue weighted by Gasteiger charge is -1.99. The molecule has 0 saturated carbocycles. The minimum atomic E-state index is -0.992. The number of halogens is 1. The van der Waals surface area contributed by atoms with Crippen LogP contribution in [0, 0.1) is 0 Å². The fourth-order valence-electron chi connectivity index (χ4n) is 0.800. The lowest BCUT2D eigenvalue weighted by molar-refractivity contribution is -0.130. The maximum Gasteiger partial charge on any atom is 0.335 e. The molecule has 0 spiro atoms. The van der Waals surface area contributed by atoms with E-state index in [1.54, 1.807) is 18.2 Å². The molecule has 0 amide bonds. The first-order valence-corrected chi connectivity index (χ1v) is 4.08. The first kappa shape index (κ1) is 9.00. The lowest BCUT2D eigenvalue weighted by atomic mass is 10.1. The van der Waals surface area contributed by atoms with E-state index in [0.29, 0.717) is 5.56 Å². The third-order valence-electron chi connectivity index (χ3n) is 1.43. The highest BCUT2D eigenvalue weighted by atomic mass is 79.9. The third kappa shape index (κ3) is 1.95. The number of aliphatic carboxylic acids is 1. The summed E-state index contributed by atoms with van der Waals surface area (Å²) in [5, 5.41) is 8.61. The van der Waals surface area contributed by atoms with Crippen LogP contribution in [0.5, 0.6) is 0 Å². The Morgan fingerprint density at radius 1 is 1.50 bits per heavy atom. The van der Waals surface area contributed by atoms with Gasteiger partial charge in [-0.15, -0.1) is 0 Å². The maximum atomic E-state index is 10.5. The minimum Gasteiger partial charge on any atom is -0.478 e. The molecule has 3 heteroatoms. The number of carboxylic acids is 1. The van der Waals surface area contributed by atoms with E-state index in [2.05, 4.69) is 22.5 Å². The Labute approximate surface area is 78.7 Å². The predicted molar refractivity (Wildman–Crippen MR) is 50.8 cm³/mol. The Kier molecular flexibility index (Phi) is 2.65. The topological polar surface area (TPSA) is 37.3 Å². The quantitative estimate of drug-likeness (QED) is 0.788. The molecule has 62 valence electrons. The summed E-state index contributed by atoms with van der Waals surface area (Å²) >= 11 is 3.25. The van der Waals surface area contributed by atoms with E-state index in [1.165, 1.54) is 0 Å². The smallest absolute Gasteiger partial charge is 0.335 e. The monoisotopic (exact) mass is 226 g/mol. The lowest BCUT2D eigenvalue weighted by Crippen LogP contribution is -1.97. The van der Waals surface area contributed by atoms with Crippen LogP contribution in [0.25, 0.3) is 5.57 Å². The highest BCUT2D eigenvalue weighted by Crippen LogP contribution is 2.17. The van der Waals surface area contributed by atoms with E-state index in [0.717, 1.165) is 4.47 Å². The van der Waals surface area contributed by atoms with Crippen LogP contribution in [0.3, 0.4) is 0 Å². The molecule has 1 aromatic carbocycles. The first-order valence-electron chi connectivity index (χ1n) is 3.29. The van der Waals surface area contributed by atoms with Crippen LogP contribution in [-0.2, 0) is 4.79 Å². The molecule has 0 unspecified atom stereocenters. The number of rotatable bonds is 2. The zero-order valence-electron chi connectivity index (χ0n) is 6.25. The van der Waals surface area contributed by atoms with Crippen molar-refractivity contribution in [1.82, 2.24) is 0 Å². The van der Waals surface area contributed by atoms with Crippen LogP contribution in [-0.4, -0.2) is 11.1 Å². The number of carboxylic acid groups (broad SMARTS) is 1. The molecular formula is C9H7BrO2. The molecule has 0 aliphatic rings. The maximum absolute atomic E-state index is 10.5. The highest BCUT2D eigenvalue weighted by Gasteiger charge is 2.06. The van der Waals surface area contributed by atoms with Gasteiger partial charge in [-0.05, 0) is 17.7 Å². The van der Waals surface area contributed by atoms with Crippen LogP contribution < -0.4 is 0 Å². The summed E-state index contributed by atoms with van der Waals surface area (Å²) in [5.74, 6) is -0.992. The molecule has 12 heavy (non-hydrogen) atoms. The molecule has 1 aromatic rings. The number of benzene rings is 1. The molecule has 0 aromatic heterocycles. The fraction of sp³-hybridized carbons (Fsp3) is 0. The van der Waals surface area contributed by atoms with Gasteiger partial charge >= 0.3 is 5.97 Å². The Morgan fingerprint density at radius 3 is 2.67 bits per heavy atom. The van der Waals surface area contributed by atoms with Crippen molar-refractivity contribution < 1.29 is 9.90 Å². The minimum absolute atomic E-state index is 0.108. The molecule has 0 atom stereocenters. The van der Waals surface area contributed by atoms with E-state index in [-0.39, 0.29) is 5.57 Å². The predicted octanol–water partition coefficient (Wildman–Crippen LogP) is 2.55. The van der Waals surface area contributed by atoms with Crippen molar-refractivity contribution in [2.24, 2.45) is 0 Å². The summed E-state index contributed by atoms with van der Waals surface area (Å²) in [6.07, 6.45) is 0. The average Bonchev–Trinajstić information content (AvgIpc) is 2.03. The zero-order valence-corrected chi connectivity index (χ0v) is 7.84. The molecule has 1 rings (SSSR count). The summed E-state index contributed by atoms with van der Waals surface area (Å²) in [6.45, 7) is 3.45. The van der Waals surface area contributed by atoms with Crippen LogP contribution in [0.2, 0.25) is 0 Å². The van der Waals surface area contributed by atoms with Gasteiger partial charge in [0.05, 0.1) is 5.57 Å². The van der Waals surface area contributed by atoms with E-state index in [4.69, 9.17) is 5.11 Å². The van der Waals surface area contributed by atoms with Gasteiger partial charge < -0.3 is 5.11 Å². The van der Waals surface area contributed by atoms with Crippen molar-refractivity contribution in [1.29, 1.82) is 0 Å². The molecule has 0 bridgehead atoms. The highest BCUT2D eigenvalue weighted by molar-refractivity contribution is 9.10. The van der Waals surface area contributed by atoms with E-state index in [9.17, 15) is 4.79 Å². The van der Waals surface area contributed by atoms with Gasteiger partial charge in [0.1, 0.15) is 0 Å². The van der Waals surface area contributed by atoms with Crippen molar-refractivity contribution >= 4 is 27.5 Å². The summed E-state index contributed by atoms with van der Waals surface area (Å²) in [6, 6.07) is 7.03. The Balaban J connectivity index is 3.04. The van der Waals surface area contributed by atoms with Crippen LogP contribution >= 0.6 is 15.9 Å². The molecule has 0 aliphatic carbocycles. The van der Waals surface area contributed by atoms with Gasteiger partial charge in [-0.1, -0.05) is 34.6 Å². The number of hydrogen-bond donors (Lipinski definition) is 1. The molecule has 0 aliphatic heterocycles. The second kappa shape index (κ2) is 3.54. The molecule has 1 N–H and O–H groups in total. The normalized spacial score (nSPS) is 9.42. The largest absolute Gasteiger partial charge is 0.478 e. The zero-order chi connectivity index (χ0) is 9.14. The van der Waals surface area contributed by atoms with Crippen LogP contribution in [0.4, 0.5) is 0 Å². The molecule has 0 fully saturated rings. The van der Waals surface area contributed by atoms with Crippen molar-refractivity contribution in [3.8, 4) is 0 Å². The number of hydrogen-bond acceptors (Lipinski definition) is 1. The standard InChI is InChI=1S/C9H7BrO2/c1-6(9(11)12)7-3-2-4-8(10)5-7/h2-5H,1H2,(H,11,12). The van der Waals surface area contributed by atoms with E-state index < -0.39 is 5.97 Å². The third-order valence-corrected chi connectivity index (χ3v) is 1.92. The average molecular weight is 227 g/mol. The molecular weight excluding hydrogens is 220 g/mol. The summed E-state index contributed by atoms with van der Waals surface area (Å²) in [4.78, 5) is 10.5. The van der Waals surface area contributed by atoms with Crippen molar-refractivity contribution in [2.75, 3.05) is 0 Å². The molecule has 0 heterocycles. The second-order valence-corrected chi connectivity index (χ2v) is 3.21. The Morgan fingerprint density at radius 2 is 2.17 bits per heavy atom. The Bertz CT molecular complexity index is 331. The number of carbonyl (C=O) groups is 1. The van der Waals surface area contributed by atoms with Gasteiger partial charge in [-0.3, -0.25) is 0 Å². The summed E-state index contributed by atoms with van der Waals surface area (Å²) in [5.41, 5.74) is 0.730. The van der Waals surface area contributed by atoms with Gasteiger partial charge in [0.25, 0.3) is 0 Å². The Hall–Kier alpha value is -1.09. The summed E-state index contributed by atoms with van der Waals surface area (Å²) < 4.78 is 0.849. The van der Waals surface area contributed by atoms with Crippen molar-refractivity contribution in [3.05, 3.63) is 40.9 Å². The summed E-state index contributed by atoms with van der Waals surface area (Å²) in [7, 11) is 0. The fourth-order valence-corrected chi connectivity index (χ4v) is 1.20. The van der Waals surface area contributed by atoms with Gasteiger partial charge in [0.2, 0.25) is 0 Å². The van der Waals surface area contributed by atoms with Gasteiger partial charge in [-0.25, -0.2) is 4.79 Å². The van der Waals surface area contributed by atoms with Gasteiger partial charge in [0.15, 0.2) is 0 Å². The SMILES string of the molecule is C=C(C(=O)O)c1cccc(Br)c1. The van der Waals surface area contributed by atoms with E-state index >= 15 is 0 Å². The first-order chi connectivity index (χ1) is 5.61. The molecule has 2 nitrogen and oxygen atoms in total. The van der Waals surface area contributed by atoms with Gasteiger partial charge in [0, 0.05) is 4.47 Å².